The van der Waals surface area contributed by atoms with Gasteiger partial charge < -0.3 is 0 Å². The number of pyridine rings is 1. The summed E-state index contributed by atoms with van der Waals surface area (Å²) in [4.78, 5) is 4.94. The fourth-order valence-corrected chi connectivity index (χ4v) is 3.26. The van der Waals surface area contributed by atoms with Crippen LogP contribution in [-0.2, 0) is 6.42 Å². The van der Waals surface area contributed by atoms with Crippen LogP contribution in [0.1, 0.15) is 30.0 Å². The first-order valence-electron chi connectivity index (χ1n) is 8.06. The number of halogens is 1. The topological polar surface area (TPSA) is 12.9 Å². The number of benzene rings is 2. The van der Waals surface area contributed by atoms with E-state index in [2.05, 4.69) is 18.7 Å². The predicted octanol–water partition coefficient (Wildman–Crippen LogP) is 5.65. The molecule has 1 fully saturated rings. The number of para-hydroxylation sites is 1. The number of fused-ring (bicyclic) bond motifs is 1. The van der Waals surface area contributed by atoms with Crippen molar-refractivity contribution in [3.63, 3.8) is 0 Å². The summed E-state index contributed by atoms with van der Waals surface area (Å²) < 4.78 is 13.4. The van der Waals surface area contributed by atoms with E-state index in [9.17, 15) is 4.39 Å². The highest BCUT2D eigenvalue weighted by atomic mass is 19.1. The average molecular weight is 303 g/mol. The quantitative estimate of drug-likeness (QED) is 0.568. The Morgan fingerprint density at radius 3 is 2.52 bits per heavy atom. The Morgan fingerprint density at radius 1 is 1.09 bits per heavy atom. The van der Waals surface area contributed by atoms with E-state index in [4.69, 9.17) is 4.98 Å². The molecular formula is C21H18FN. The summed E-state index contributed by atoms with van der Waals surface area (Å²) in [5.74, 6) is 0.355. The molecule has 0 radical (unpaired) electrons. The molecule has 0 unspecified atom stereocenters. The minimum absolute atomic E-state index is 0.209. The molecular weight excluding hydrogens is 285 g/mol. The highest BCUT2D eigenvalue weighted by Gasteiger charge is 2.29. The zero-order chi connectivity index (χ0) is 15.8. The van der Waals surface area contributed by atoms with Crippen LogP contribution in [0.25, 0.3) is 22.0 Å². The molecule has 114 valence electrons. The standard InChI is InChI=1S/C21H18FN/c1-2-5-18-20(14-10-12-16(22)13-11-14)17-6-3-4-7-19(17)23-21(18)15-8-9-15/h2-4,6-7,10-13,15H,1,5,8-9H2. The molecule has 23 heavy (non-hydrogen) atoms. The Kier molecular flexibility index (Phi) is 3.45. The lowest BCUT2D eigenvalue weighted by Gasteiger charge is -2.16. The van der Waals surface area contributed by atoms with Crippen LogP contribution < -0.4 is 0 Å². The molecule has 1 heterocycles. The van der Waals surface area contributed by atoms with Crippen molar-refractivity contribution in [1.82, 2.24) is 4.98 Å². The molecule has 0 spiro atoms. The lowest BCUT2D eigenvalue weighted by atomic mass is 9.91. The number of hydrogen-bond acceptors (Lipinski definition) is 1. The van der Waals surface area contributed by atoms with Gasteiger partial charge in [-0.2, -0.15) is 0 Å². The van der Waals surface area contributed by atoms with Gasteiger partial charge in [0.05, 0.1) is 5.52 Å². The van der Waals surface area contributed by atoms with Gasteiger partial charge in [-0.05, 0) is 54.2 Å². The van der Waals surface area contributed by atoms with Gasteiger partial charge in [0.1, 0.15) is 5.82 Å². The van der Waals surface area contributed by atoms with E-state index in [1.165, 1.54) is 41.8 Å². The van der Waals surface area contributed by atoms with E-state index in [1.54, 1.807) is 0 Å². The Hall–Kier alpha value is -2.48. The molecule has 1 saturated carbocycles. The molecule has 3 aromatic rings. The Morgan fingerprint density at radius 2 is 1.83 bits per heavy atom. The molecule has 1 aliphatic carbocycles. The molecule has 0 aliphatic heterocycles. The van der Waals surface area contributed by atoms with Crippen LogP contribution in [0.15, 0.2) is 61.2 Å². The average Bonchev–Trinajstić information content (AvgIpc) is 3.40. The summed E-state index contributed by atoms with van der Waals surface area (Å²) in [7, 11) is 0. The number of rotatable bonds is 4. The van der Waals surface area contributed by atoms with Gasteiger partial charge in [-0.3, -0.25) is 4.98 Å². The maximum atomic E-state index is 13.4. The highest BCUT2D eigenvalue weighted by Crippen LogP contribution is 2.45. The smallest absolute Gasteiger partial charge is 0.123 e. The number of nitrogens with zero attached hydrogens (tertiary/aromatic N) is 1. The molecule has 1 aromatic heterocycles. The largest absolute Gasteiger partial charge is 0.252 e. The van der Waals surface area contributed by atoms with E-state index in [1.807, 2.05) is 30.3 Å². The second kappa shape index (κ2) is 5.62. The molecule has 2 aromatic carbocycles. The SMILES string of the molecule is C=CCc1c(C2CC2)nc2ccccc2c1-c1ccc(F)cc1. The minimum Gasteiger partial charge on any atom is -0.252 e. The molecule has 4 rings (SSSR count). The Bertz CT molecular complexity index is 876. The Balaban J connectivity index is 2.06. The summed E-state index contributed by atoms with van der Waals surface area (Å²) in [5, 5.41) is 1.13. The third kappa shape index (κ3) is 2.55. The van der Waals surface area contributed by atoms with Gasteiger partial charge in [-0.25, -0.2) is 4.39 Å². The molecule has 1 aliphatic rings. The lowest BCUT2D eigenvalue weighted by Crippen LogP contribution is -2.01. The van der Waals surface area contributed by atoms with Crippen molar-refractivity contribution in [2.24, 2.45) is 0 Å². The van der Waals surface area contributed by atoms with E-state index >= 15 is 0 Å². The maximum absolute atomic E-state index is 13.4. The van der Waals surface area contributed by atoms with Crippen molar-refractivity contribution in [2.75, 3.05) is 0 Å². The molecule has 1 nitrogen and oxygen atoms in total. The molecule has 2 heteroatoms. The van der Waals surface area contributed by atoms with Gasteiger partial charge in [0.25, 0.3) is 0 Å². The lowest BCUT2D eigenvalue weighted by molar-refractivity contribution is 0.628. The summed E-state index contributed by atoms with van der Waals surface area (Å²) >= 11 is 0. The van der Waals surface area contributed by atoms with Crippen LogP contribution in [-0.4, -0.2) is 4.98 Å². The number of allylic oxidation sites excluding steroid dienone is 1. The summed E-state index contributed by atoms with van der Waals surface area (Å²) in [6.07, 6.45) is 5.14. The number of hydrogen-bond donors (Lipinski definition) is 0. The van der Waals surface area contributed by atoms with Crippen molar-refractivity contribution in [3.8, 4) is 11.1 Å². The first-order chi connectivity index (χ1) is 11.3. The van der Waals surface area contributed by atoms with Gasteiger partial charge in [-0.1, -0.05) is 36.4 Å². The summed E-state index contributed by atoms with van der Waals surface area (Å²) in [6.45, 7) is 3.92. The van der Waals surface area contributed by atoms with Crippen LogP contribution >= 0.6 is 0 Å². The van der Waals surface area contributed by atoms with E-state index in [0.717, 1.165) is 22.9 Å². The van der Waals surface area contributed by atoms with Crippen LogP contribution in [0.2, 0.25) is 0 Å². The zero-order valence-electron chi connectivity index (χ0n) is 12.9. The van der Waals surface area contributed by atoms with E-state index in [0.29, 0.717) is 5.92 Å². The van der Waals surface area contributed by atoms with Crippen LogP contribution in [0.3, 0.4) is 0 Å². The molecule has 0 bridgehead atoms. The predicted molar refractivity (Wildman–Crippen MR) is 93.0 cm³/mol. The second-order valence-electron chi connectivity index (χ2n) is 6.14. The molecule has 0 N–H and O–H groups in total. The van der Waals surface area contributed by atoms with Crippen molar-refractivity contribution in [1.29, 1.82) is 0 Å². The fourth-order valence-electron chi connectivity index (χ4n) is 3.26. The van der Waals surface area contributed by atoms with Crippen molar-refractivity contribution >= 4 is 10.9 Å². The normalized spacial score (nSPS) is 14.1. The zero-order valence-corrected chi connectivity index (χ0v) is 12.9. The third-order valence-corrected chi connectivity index (χ3v) is 4.47. The van der Waals surface area contributed by atoms with Crippen LogP contribution in [0, 0.1) is 5.82 Å². The van der Waals surface area contributed by atoms with E-state index in [-0.39, 0.29) is 5.82 Å². The third-order valence-electron chi connectivity index (χ3n) is 4.47. The number of aromatic nitrogens is 1. The van der Waals surface area contributed by atoms with Gasteiger partial charge in [0, 0.05) is 17.0 Å². The van der Waals surface area contributed by atoms with Gasteiger partial charge in [0.15, 0.2) is 0 Å². The van der Waals surface area contributed by atoms with Crippen molar-refractivity contribution < 1.29 is 4.39 Å². The van der Waals surface area contributed by atoms with Crippen molar-refractivity contribution in [3.05, 3.63) is 78.3 Å². The van der Waals surface area contributed by atoms with Crippen LogP contribution in [0.4, 0.5) is 4.39 Å². The van der Waals surface area contributed by atoms with Gasteiger partial charge in [0.2, 0.25) is 0 Å². The first kappa shape index (κ1) is 14.1. The second-order valence-corrected chi connectivity index (χ2v) is 6.14. The highest BCUT2D eigenvalue weighted by molar-refractivity contribution is 5.96. The summed E-state index contributed by atoms with van der Waals surface area (Å²) in [6, 6.07) is 15.0. The van der Waals surface area contributed by atoms with Crippen molar-refractivity contribution in [2.45, 2.75) is 25.2 Å². The van der Waals surface area contributed by atoms with Gasteiger partial charge in [-0.15, -0.1) is 6.58 Å². The maximum Gasteiger partial charge on any atom is 0.123 e. The molecule has 0 amide bonds. The minimum atomic E-state index is -0.209. The van der Waals surface area contributed by atoms with Gasteiger partial charge >= 0.3 is 0 Å². The van der Waals surface area contributed by atoms with E-state index < -0.39 is 0 Å². The summed E-state index contributed by atoms with van der Waals surface area (Å²) in [5.41, 5.74) is 5.68. The monoisotopic (exact) mass is 303 g/mol. The molecule has 0 saturated heterocycles. The van der Waals surface area contributed by atoms with Crippen LogP contribution in [0.5, 0.6) is 0 Å². The fraction of sp³-hybridized carbons (Fsp3) is 0.190. The Labute approximate surface area is 135 Å². The first-order valence-corrected chi connectivity index (χ1v) is 8.06. The molecule has 0 atom stereocenters.